The largest absolute Gasteiger partial charge is 0.496 e. The average molecular weight is 297 g/mol. The van der Waals surface area contributed by atoms with Crippen LogP contribution in [0.5, 0.6) is 11.5 Å². The van der Waals surface area contributed by atoms with Crippen LogP contribution in [0, 0.1) is 0 Å². The molecular formula is C14H19NO6. The van der Waals surface area contributed by atoms with Gasteiger partial charge in [-0.05, 0) is 19.1 Å². The van der Waals surface area contributed by atoms with E-state index in [-0.39, 0.29) is 6.42 Å². The molecule has 3 N–H and O–H groups in total. The van der Waals surface area contributed by atoms with Gasteiger partial charge in [-0.2, -0.15) is 0 Å². The van der Waals surface area contributed by atoms with E-state index in [1.807, 2.05) is 0 Å². The van der Waals surface area contributed by atoms with Crippen molar-refractivity contribution in [3.63, 3.8) is 0 Å². The molecule has 0 aliphatic carbocycles. The number of carbonyl (C=O) groups is 2. The molecule has 0 aromatic heterocycles. The highest BCUT2D eigenvalue weighted by Gasteiger charge is 2.30. The third-order valence-corrected chi connectivity index (χ3v) is 2.96. The topological polar surface area (TPSA) is 105 Å². The van der Waals surface area contributed by atoms with Gasteiger partial charge in [-0.3, -0.25) is 4.79 Å². The van der Waals surface area contributed by atoms with E-state index in [0.29, 0.717) is 17.1 Å². The highest BCUT2D eigenvalue weighted by molar-refractivity contribution is 5.82. The maximum atomic E-state index is 11.9. The van der Waals surface area contributed by atoms with Gasteiger partial charge in [-0.25, -0.2) is 4.79 Å². The van der Waals surface area contributed by atoms with E-state index in [1.165, 1.54) is 14.2 Å². The predicted octanol–water partition coefficient (Wildman–Crippen LogP) is 0.198. The van der Waals surface area contributed by atoms with Crippen LogP contribution in [0.25, 0.3) is 0 Å². The summed E-state index contributed by atoms with van der Waals surface area (Å²) in [6.07, 6.45) is -0.0527. The number of ether oxygens (including phenoxy) is 2. The van der Waals surface area contributed by atoms with E-state index in [0.717, 1.165) is 6.92 Å². The molecule has 0 heterocycles. The molecule has 1 aromatic carbocycles. The lowest BCUT2D eigenvalue weighted by Crippen LogP contribution is -2.46. The molecule has 0 spiro atoms. The van der Waals surface area contributed by atoms with Gasteiger partial charge in [0.2, 0.25) is 5.91 Å². The van der Waals surface area contributed by atoms with Gasteiger partial charge in [-0.15, -0.1) is 0 Å². The number of benzene rings is 1. The van der Waals surface area contributed by atoms with Crippen molar-refractivity contribution in [1.82, 2.24) is 5.32 Å². The minimum absolute atomic E-state index is 0.0527. The molecule has 0 saturated heterocycles. The predicted molar refractivity (Wildman–Crippen MR) is 74.5 cm³/mol. The highest BCUT2D eigenvalue weighted by atomic mass is 16.5. The molecular weight excluding hydrogens is 278 g/mol. The molecule has 1 amide bonds. The Morgan fingerprint density at radius 3 is 2.19 bits per heavy atom. The first kappa shape index (κ1) is 16.8. The summed E-state index contributed by atoms with van der Waals surface area (Å²) in [6, 6.07) is 5.12. The molecule has 0 saturated carbocycles. The number of carbonyl (C=O) groups excluding carboxylic acids is 1. The van der Waals surface area contributed by atoms with Crippen molar-refractivity contribution in [3.05, 3.63) is 23.8 Å². The van der Waals surface area contributed by atoms with Crippen molar-refractivity contribution in [2.45, 2.75) is 18.9 Å². The fourth-order valence-electron chi connectivity index (χ4n) is 1.67. The molecule has 0 aliphatic rings. The third kappa shape index (κ3) is 4.35. The van der Waals surface area contributed by atoms with Crippen molar-refractivity contribution in [1.29, 1.82) is 0 Å². The summed E-state index contributed by atoms with van der Waals surface area (Å²) in [4.78, 5) is 22.6. The monoisotopic (exact) mass is 297 g/mol. The second-order valence-electron chi connectivity index (χ2n) is 4.67. The molecule has 7 heteroatoms. The van der Waals surface area contributed by atoms with Crippen LogP contribution in [0.15, 0.2) is 18.2 Å². The van der Waals surface area contributed by atoms with E-state index in [4.69, 9.17) is 14.6 Å². The number of rotatable bonds is 7. The van der Waals surface area contributed by atoms with Crippen LogP contribution in [0.2, 0.25) is 0 Å². The Labute approximate surface area is 122 Å². The van der Waals surface area contributed by atoms with Gasteiger partial charge >= 0.3 is 5.97 Å². The number of amides is 1. The van der Waals surface area contributed by atoms with Gasteiger partial charge in [0.15, 0.2) is 5.60 Å². The van der Waals surface area contributed by atoms with Crippen LogP contribution < -0.4 is 14.8 Å². The maximum absolute atomic E-state index is 11.9. The molecule has 1 atom stereocenters. The summed E-state index contributed by atoms with van der Waals surface area (Å²) in [5.74, 6) is -0.860. The number of hydrogen-bond donors (Lipinski definition) is 3. The van der Waals surface area contributed by atoms with Crippen LogP contribution in [0.1, 0.15) is 12.5 Å². The van der Waals surface area contributed by atoms with E-state index < -0.39 is 24.0 Å². The summed E-state index contributed by atoms with van der Waals surface area (Å²) < 4.78 is 10.3. The second-order valence-corrected chi connectivity index (χ2v) is 4.67. The van der Waals surface area contributed by atoms with Crippen LogP contribution >= 0.6 is 0 Å². The van der Waals surface area contributed by atoms with Gasteiger partial charge in [0, 0.05) is 5.56 Å². The molecule has 0 radical (unpaired) electrons. The second kappa shape index (κ2) is 6.94. The number of carboxylic acid groups (broad SMARTS) is 1. The summed E-state index contributed by atoms with van der Waals surface area (Å²) in [5, 5.41) is 20.7. The Hall–Kier alpha value is -2.28. The van der Waals surface area contributed by atoms with Crippen LogP contribution in [0.3, 0.4) is 0 Å². The lowest BCUT2D eigenvalue weighted by molar-refractivity contribution is -0.156. The fourth-order valence-corrected chi connectivity index (χ4v) is 1.67. The molecule has 1 unspecified atom stereocenters. The third-order valence-electron chi connectivity index (χ3n) is 2.96. The molecule has 116 valence electrons. The Morgan fingerprint density at radius 2 is 1.76 bits per heavy atom. The maximum Gasteiger partial charge on any atom is 0.337 e. The number of aliphatic carboxylic acids is 1. The molecule has 7 nitrogen and oxygen atoms in total. The quantitative estimate of drug-likeness (QED) is 0.664. The van der Waals surface area contributed by atoms with E-state index in [2.05, 4.69) is 5.32 Å². The summed E-state index contributed by atoms with van der Waals surface area (Å²) in [5.41, 5.74) is -1.46. The summed E-state index contributed by atoms with van der Waals surface area (Å²) in [6.45, 7) is 0.720. The summed E-state index contributed by atoms with van der Waals surface area (Å²) >= 11 is 0. The minimum Gasteiger partial charge on any atom is -0.496 e. The minimum atomic E-state index is -2.01. The van der Waals surface area contributed by atoms with Gasteiger partial charge in [0.05, 0.1) is 27.2 Å². The molecule has 0 bridgehead atoms. The molecule has 0 fully saturated rings. The highest BCUT2D eigenvalue weighted by Crippen LogP contribution is 2.28. The lowest BCUT2D eigenvalue weighted by atomic mass is 10.1. The van der Waals surface area contributed by atoms with Crippen molar-refractivity contribution in [2.24, 2.45) is 0 Å². The van der Waals surface area contributed by atoms with Gasteiger partial charge in [0.25, 0.3) is 0 Å². The zero-order valence-corrected chi connectivity index (χ0v) is 12.2. The fraction of sp³-hybridized carbons (Fsp3) is 0.429. The molecule has 0 aliphatic heterocycles. The van der Waals surface area contributed by atoms with Crippen LogP contribution in [-0.4, -0.2) is 48.5 Å². The van der Waals surface area contributed by atoms with Crippen molar-refractivity contribution < 1.29 is 29.3 Å². The van der Waals surface area contributed by atoms with Crippen LogP contribution in [-0.2, 0) is 16.0 Å². The van der Waals surface area contributed by atoms with E-state index in [1.54, 1.807) is 18.2 Å². The van der Waals surface area contributed by atoms with Crippen molar-refractivity contribution in [2.75, 3.05) is 20.8 Å². The zero-order valence-electron chi connectivity index (χ0n) is 12.2. The first-order valence-corrected chi connectivity index (χ1v) is 6.24. The first-order valence-electron chi connectivity index (χ1n) is 6.24. The number of aliphatic hydroxyl groups is 1. The number of methoxy groups -OCH3 is 2. The number of carboxylic acids is 1. The lowest BCUT2D eigenvalue weighted by Gasteiger charge is -2.19. The van der Waals surface area contributed by atoms with Gasteiger partial charge < -0.3 is 25.0 Å². The Morgan fingerprint density at radius 1 is 1.24 bits per heavy atom. The first-order chi connectivity index (χ1) is 9.81. The Bertz CT molecular complexity index is 504. The number of nitrogens with one attached hydrogen (secondary N) is 1. The molecule has 21 heavy (non-hydrogen) atoms. The van der Waals surface area contributed by atoms with Gasteiger partial charge in [0.1, 0.15) is 11.5 Å². The van der Waals surface area contributed by atoms with Crippen LogP contribution in [0.4, 0.5) is 0 Å². The molecule has 1 rings (SSSR count). The van der Waals surface area contributed by atoms with E-state index >= 15 is 0 Å². The van der Waals surface area contributed by atoms with Crippen molar-refractivity contribution in [3.8, 4) is 11.5 Å². The zero-order chi connectivity index (χ0) is 16.0. The van der Waals surface area contributed by atoms with E-state index in [9.17, 15) is 14.7 Å². The molecule has 1 aromatic rings. The SMILES string of the molecule is COc1cccc(OC)c1CC(=O)NCC(C)(O)C(=O)O. The van der Waals surface area contributed by atoms with Gasteiger partial charge in [-0.1, -0.05) is 6.07 Å². The Kier molecular flexibility index (Phi) is 5.54. The van der Waals surface area contributed by atoms with Crippen molar-refractivity contribution >= 4 is 11.9 Å². The standard InChI is InChI=1S/C14H19NO6/c1-14(19,13(17)18)8-15-12(16)7-9-10(20-2)5-4-6-11(9)21-3/h4-6,19H,7-8H2,1-3H3,(H,15,16)(H,17,18). The summed E-state index contributed by atoms with van der Waals surface area (Å²) in [7, 11) is 2.96. The average Bonchev–Trinajstić information content (AvgIpc) is 2.45. The smallest absolute Gasteiger partial charge is 0.337 e. The Balaban J connectivity index is 2.78. The normalized spacial score (nSPS) is 13.1. The number of hydrogen-bond acceptors (Lipinski definition) is 5.